The van der Waals surface area contributed by atoms with Crippen LogP contribution in [0, 0.1) is 0 Å². The lowest BCUT2D eigenvalue weighted by molar-refractivity contribution is -0.189. The second-order valence-electron chi connectivity index (χ2n) is 6.55. The molecule has 3 aromatic rings. The van der Waals surface area contributed by atoms with E-state index in [1.165, 1.54) is 0 Å². The third-order valence-corrected chi connectivity index (χ3v) is 4.99. The molecule has 1 saturated heterocycles. The molecule has 0 saturated carbocycles. The van der Waals surface area contributed by atoms with Gasteiger partial charge in [0, 0.05) is 34.7 Å². The Morgan fingerprint density at radius 2 is 2.14 bits per heavy atom. The molecule has 0 radical (unpaired) electrons. The van der Waals surface area contributed by atoms with Gasteiger partial charge < -0.3 is 24.5 Å². The van der Waals surface area contributed by atoms with Crippen LogP contribution in [0.5, 0.6) is 5.75 Å². The van der Waals surface area contributed by atoms with Gasteiger partial charge in [-0.05, 0) is 24.3 Å². The highest BCUT2D eigenvalue weighted by Gasteiger charge is 2.45. The molecular weight excluding hydrogens is 401 g/mol. The van der Waals surface area contributed by atoms with E-state index in [4.69, 9.17) is 43.1 Å². The first-order valence-corrected chi connectivity index (χ1v) is 9.51. The molecule has 1 aromatic heterocycles. The van der Waals surface area contributed by atoms with E-state index in [0.717, 1.165) is 0 Å². The van der Waals surface area contributed by atoms with Crippen molar-refractivity contribution in [2.75, 3.05) is 18.9 Å². The number of hydrogen-bond donors (Lipinski definition) is 1. The topological polar surface area (TPSA) is 71.5 Å². The molecule has 0 amide bonds. The van der Waals surface area contributed by atoms with E-state index >= 15 is 0 Å². The molecule has 4 rings (SSSR count). The highest BCUT2D eigenvalue weighted by Crippen LogP contribution is 2.40. The summed E-state index contributed by atoms with van der Waals surface area (Å²) in [5, 5.41) is 1.02. The van der Waals surface area contributed by atoms with Gasteiger partial charge in [0.05, 0.1) is 24.5 Å². The summed E-state index contributed by atoms with van der Waals surface area (Å²) in [7, 11) is 0. The Morgan fingerprint density at radius 1 is 1.25 bits per heavy atom. The molecule has 2 unspecified atom stereocenters. The predicted octanol–water partition coefficient (Wildman–Crippen LogP) is 4.12. The van der Waals surface area contributed by atoms with Gasteiger partial charge in [-0.1, -0.05) is 35.3 Å². The van der Waals surface area contributed by atoms with Crippen LogP contribution in [0.15, 0.2) is 61.2 Å². The average Bonchev–Trinajstić information content (AvgIpc) is 3.31. The van der Waals surface area contributed by atoms with Crippen LogP contribution in [0.2, 0.25) is 10.0 Å². The van der Waals surface area contributed by atoms with Crippen LogP contribution in [0.25, 0.3) is 0 Å². The largest absolute Gasteiger partial charge is 0.491 e. The third-order valence-electron chi connectivity index (χ3n) is 4.44. The highest BCUT2D eigenvalue weighted by atomic mass is 35.5. The Bertz CT molecular complexity index is 952. The summed E-state index contributed by atoms with van der Waals surface area (Å²) in [5.41, 5.74) is 7.15. The summed E-state index contributed by atoms with van der Waals surface area (Å²) in [5.74, 6) is -0.383. The fourth-order valence-electron chi connectivity index (χ4n) is 3.17. The van der Waals surface area contributed by atoms with Crippen LogP contribution in [-0.2, 0) is 21.8 Å². The SMILES string of the molecule is Nc1cccc(OCC2COC(Cn3ccnc3)(c3ccc(Cl)cc3Cl)O2)c1. The number of nitrogen functional groups attached to an aromatic ring is 1. The molecule has 2 N–H and O–H groups in total. The van der Waals surface area contributed by atoms with E-state index in [1.54, 1.807) is 36.8 Å². The second-order valence-corrected chi connectivity index (χ2v) is 7.39. The van der Waals surface area contributed by atoms with Crippen LogP contribution < -0.4 is 10.5 Å². The maximum absolute atomic E-state index is 6.46. The van der Waals surface area contributed by atoms with Crippen molar-refractivity contribution in [1.82, 2.24) is 9.55 Å². The van der Waals surface area contributed by atoms with E-state index in [2.05, 4.69) is 4.98 Å². The number of rotatable bonds is 6. The zero-order valence-electron chi connectivity index (χ0n) is 14.9. The molecule has 6 nitrogen and oxygen atoms in total. The maximum Gasteiger partial charge on any atom is 0.215 e. The normalized spacial score (nSPS) is 21.7. The smallest absolute Gasteiger partial charge is 0.215 e. The standard InChI is InChI=1S/C20H19Cl2N3O3/c21-14-4-5-18(19(22)8-14)20(12-25-7-6-24-13-25)27-11-17(28-20)10-26-16-3-1-2-15(23)9-16/h1-9,13,17H,10-12,23H2. The highest BCUT2D eigenvalue weighted by molar-refractivity contribution is 6.35. The monoisotopic (exact) mass is 419 g/mol. The van der Waals surface area contributed by atoms with Crippen LogP contribution in [-0.4, -0.2) is 28.9 Å². The van der Waals surface area contributed by atoms with Crippen molar-refractivity contribution < 1.29 is 14.2 Å². The van der Waals surface area contributed by atoms with Gasteiger partial charge in [-0.3, -0.25) is 0 Å². The van der Waals surface area contributed by atoms with E-state index in [0.29, 0.717) is 46.8 Å². The van der Waals surface area contributed by atoms with Crippen molar-refractivity contribution in [2.24, 2.45) is 0 Å². The van der Waals surface area contributed by atoms with Crippen molar-refractivity contribution in [2.45, 2.75) is 18.4 Å². The van der Waals surface area contributed by atoms with Gasteiger partial charge in [0.25, 0.3) is 0 Å². The van der Waals surface area contributed by atoms with E-state index in [-0.39, 0.29) is 6.10 Å². The summed E-state index contributed by atoms with van der Waals surface area (Å²) in [6, 6.07) is 12.5. The summed E-state index contributed by atoms with van der Waals surface area (Å²) >= 11 is 12.5. The summed E-state index contributed by atoms with van der Waals surface area (Å²) in [6.07, 6.45) is 4.97. The van der Waals surface area contributed by atoms with Crippen LogP contribution in [0.1, 0.15) is 5.56 Å². The Hall–Kier alpha value is -2.25. The minimum absolute atomic E-state index is 0.281. The van der Waals surface area contributed by atoms with Gasteiger partial charge in [-0.2, -0.15) is 0 Å². The number of halogens is 2. The molecule has 2 aromatic carbocycles. The molecule has 0 spiro atoms. The van der Waals surface area contributed by atoms with Crippen molar-refractivity contribution in [3.05, 3.63) is 76.8 Å². The Morgan fingerprint density at radius 3 is 2.89 bits per heavy atom. The van der Waals surface area contributed by atoms with Crippen molar-refractivity contribution in [1.29, 1.82) is 0 Å². The lowest BCUT2D eigenvalue weighted by Gasteiger charge is -2.30. The zero-order valence-corrected chi connectivity index (χ0v) is 16.4. The van der Waals surface area contributed by atoms with E-state index < -0.39 is 5.79 Å². The van der Waals surface area contributed by atoms with Gasteiger partial charge in [-0.25, -0.2) is 4.98 Å². The molecule has 0 aliphatic carbocycles. The van der Waals surface area contributed by atoms with Crippen molar-refractivity contribution in [3.8, 4) is 5.75 Å². The summed E-state index contributed by atoms with van der Waals surface area (Å²) < 4.78 is 20.2. The number of ether oxygens (including phenoxy) is 3. The van der Waals surface area contributed by atoms with Gasteiger partial charge in [-0.15, -0.1) is 0 Å². The molecule has 146 valence electrons. The Labute approximate surface area is 172 Å². The lowest BCUT2D eigenvalue weighted by Crippen LogP contribution is -2.34. The minimum atomic E-state index is -1.06. The van der Waals surface area contributed by atoms with Crippen molar-refractivity contribution in [3.63, 3.8) is 0 Å². The van der Waals surface area contributed by atoms with Crippen LogP contribution in [0.4, 0.5) is 5.69 Å². The number of benzene rings is 2. The fraction of sp³-hybridized carbons (Fsp3) is 0.250. The number of nitrogens with zero attached hydrogens (tertiary/aromatic N) is 2. The molecule has 1 aliphatic heterocycles. The third kappa shape index (κ3) is 4.10. The molecule has 2 heterocycles. The van der Waals surface area contributed by atoms with Gasteiger partial charge in [0.2, 0.25) is 5.79 Å². The number of nitrogens with two attached hydrogens (primary N) is 1. The zero-order chi connectivity index (χ0) is 19.6. The first kappa shape index (κ1) is 19.1. The van der Waals surface area contributed by atoms with E-state index in [1.807, 2.05) is 29.0 Å². The molecule has 1 fully saturated rings. The van der Waals surface area contributed by atoms with Crippen LogP contribution >= 0.6 is 23.2 Å². The molecule has 8 heteroatoms. The number of imidazole rings is 1. The van der Waals surface area contributed by atoms with Crippen molar-refractivity contribution >= 4 is 28.9 Å². The molecular formula is C20H19Cl2N3O3. The Balaban J connectivity index is 1.55. The number of aromatic nitrogens is 2. The first-order chi connectivity index (χ1) is 13.5. The first-order valence-electron chi connectivity index (χ1n) is 8.75. The predicted molar refractivity (Wildman–Crippen MR) is 108 cm³/mol. The average molecular weight is 420 g/mol. The summed E-state index contributed by atoms with van der Waals surface area (Å²) in [6.45, 7) is 1.07. The number of anilines is 1. The van der Waals surface area contributed by atoms with Gasteiger partial charge in [0.1, 0.15) is 18.5 Å². The number of hydrogen-bond acceptors (Lipinski definition) is 5. The Kier molecular flexibility index (Phi) is 5.46. The van der Waals surface area contributed by atoms with E-state index in [9.17, 15) is 0 Å². The summed E-state index contributed by atoms with van der Waals surface area (Å²) in [4.78, 5) is 4.09. The molecule has 28 heavy (non-hydrogen) atoms. The maximum atomic E-state index is 6.46. The quantitative estimate of drug-likeness (QED) is 0.608. The molecule has 2 atom stereocenters. The lowest BCUT2D eigenvalue weighted by atomic mass is 10.1. The molecule has 0 bridgehead atoms. The van der Waals surface area contributed by atoms with Gasteiger partial charge in [0.15, 0.2) is 0 Å². The molecule has 1 aliphatic rings. The fourth-order valence-corrected chi connectivity index (χ4v) is 3.72. The van der Waals surface area contributed by atoms with Gasteiger partial charge >= 0.3 is 0 Å². The minimum Gasteiger partial charge on any atom is -0.491 e. The second kappa shape index (κ2) is 8.01. The van der Waals surface area contributed by atoms with Crippen LogP contribution in [0.3, 0.4) is 0 Å².